The summed E-state index contributed by atoms with van der Waals surface area (Å²) < 4.78 is 0. The van der Waals surface area contributed by atoms with E-state index in [1.54, 1.807) is 23.2 Å². The third-order valence-electron chi connectivity index (χ3n) is 2.94. The molecular formula is C14H16N4O2. The highest BCUT2D eigenvalue weighted by atomic mass is 16.2. The van der Waals surface area contributed by atoms with Crippen molar-refractivity contribution in [3.05, 3.63) is 29.6 Å². The molecule has 1 aromatic rings. The molecule has 6 heteroatoms. The van der Waals surface area contributed by atoms with E-state index in [0.717, 1.165) is 0 Å². The number of aromatic nitrogens is 1. The molecule has 1 aliphatic rings. The van der Waals surface area contributed by atoms with Gasteiger partial charge in [0.1, 0.15) is 5.69 Å². The second kappa shape index (κ2) is 6.68. The molecule has 1 aromatic heterocycles. The molecule has 0 aliphatic carbocycles. The van der Waals surface area contributed by atoms with Gasteiger partial charge in [0.15, 0.2) is 0 Å². The van der Waals surface area contributed by atoms with Crippen molar-refractivity contribution >= 4 is 11.8 Å². The molecule has 1 aliphatic heterocycles. The second-order valence-electron chi connectivity index (χ2n) is 4.30. The normalized spacial score (nSPS) is 14.8. The number of carbonyl (C=O) groups is 2. The van der Waals surface area contributed by atoms with Crippen LogP contribution in [-0.4, -0.2) is 47.9 Å². The van der Waals surface area contributed by atoms with Gasteiger partial charge < -0.3 is 16.0 Å². The van der Waals surface area contributed by atoms with E-state index in [9.17, 15) is 9.59 Å². The zero-order valence-electron chi connectivity index (χ0n) is 11.1. The lowest BCUT2D eigenvalue weighted by Gasteiger charge is -2.19. The van der Waals surface area contributed by atoms with Gasteiger partial charge in [0, 0.05) is 32.3 Å². The third-order valence-corrected chi connectivity index (χ3v) is 2.94. The topological polar surface area (TPSA) is 88.3 Å². The van der Waals surface area contributed by atoms with Gasteiger partial charge in [-0.05, 0) is 12.1 Å². The molecule has 2 amide bonds. The summed E-state index contributed by atoms with van der Waals surface area (Å²) in [6.07, 6.45) is 1.87. The fourth-order valence-electron chi connectivity index (χ4n) is 1.94. The van der Waals surface area contributed by atoms with E-state index < -0.39 is 0 Å². The van der Waals surface area contributed by atoms with Gasteiger partial charge in [-0.1, -0.05) is 11.8 Å². The van der Waals surface area contributed by atoms with Crippen LogP contribution >= 0.6 is 0 Å². The van der Waals surface area contributed by atoms with Gasteiger partial charge in [-0.15, -0.1) is 0 Å². The minimum Gasteiger partial charge on any atom is -0.354 e. The number of pyridine rings is 1. The molecule has 0 radical (unpaired) electrons. The van der Waals surface area contributed by atoms with E-state index in [2.05, 4.69) is 22.1 Å². The summed E-state index contributed by atoms with van der Waals surface area (Å²) in [5.74, 6) is 5.33. The van der Waals surface area contributed by atoms with Crippen LogP contribution in [0.25, 0.3) is 0 Å². The summed E-state index contributed by atoms with van der Waals surface area (Å²) in [6, 6.07) is 3.47. The van der Waals surface area contributed by atoms with Crippen LogP contribution in [0.5, 0.6) is 0 Å². The van der Waals surface area contributed by atoms with Crippen LogP contribution < -0.4 is 11.1 Å². The quantitative estimate of drug-likeness (QED) is 0.665. The number of hydrogen-bond acceptors (Lipinski definition) is 4. The highest BCUT2D eigenvalue weighted by molar-refractivity contribution is 5.95. The average molecular weight is 272 g/mol. The van der Waals surface area contributed by atoms with Crippen molar-refractivity contribution in [2.24, 2.45) is 5.73 Å². The van der Waals surface area contributed by atoms with Gasteiger partial charge in [0.25, 0.3) is 5.91 Å². The Morgan fingerprint density at radius 2 is 2.35 bits per heavy atom. The van der Waals surface area contributed by atoms with Gasteiger partial charge in [-0.2, -0.15) is 0 Å². The van der Waals surface area contributed by atoms with Crippen molar-refractivity contribution in [1.29, 1.82) is 0 Å². The zero-order valence-corrected chi connectivity index (χ0v) is 11.1. The van der Waals surface area contributed by atoms with Gasteiger partial charge in [0.2, 0.25) is 5.91 Å². The SMILES string of the molecule is NCC#Cc1cccnc1C(=O)N1CCNC(=O)CC1. The van der Waals surface area contributed by atoms with E-state index >= 15 is 0 Å². The van der Waals surface area contributed by atoms with Crippen LogP contribution in [0, 0.1) is 11.8 Å². The maximum absolute atomic E-state index is 12.5. The summed E-state index contributed by atoms with van der Waals surface area (Å²) in [4.78, 5) is 29.5. The Balaban J connectivity index is 2.22. The predicted octanol–water partition coefficient (Wildman–Crippen LogP) is -0.646. The number of carbonyl (C=O) groups excluding carboxylic acids is 2. The minimum absolute atomic E-state index is 0.0375. The Kier molecular flexibility index (Phi) is 4.69. The molecule has 0 aromatic carbocycles. The molecule has 3 N–H and O–H groups in total. The van der Waals surface area contributed by atoms with E-state index in [4.69, 9.17) is 5.73 Å². The lowest BCUT2D eigenvalue weighted by atomic mass is 10.1. The molecule has 1 saturated heterocycles. The second-order valence-corrected chi connectivity index (χ2v) is 4.30. The molecule has 0 unspecified atom stereocenters. The molecule has 0 bridgehead atoms. The number of rotatable bonds is 1. The van der Waals surface area contributed by atoms with Crippen LogP contribution in [-0.2, 0) is 4.79 Å². The smallest absolute Gasteiger partial charge is 0.273 e. The number of amides is 2. The number of nitrogens with two attached hydrogens (primary N) is 1. The maximum Gasteiger partial charge on any atom is 0.273 e. The monoisotopic (exact) mass is 272 g/mol. The maximum atomic E-state index is 12.5. The molecule has 2 rings (SSSR count). The van der Waals surface area contributed by atoms with Gasteiger partial charge in [-0.3, -0.25) is 9.59 Å². The van der Waals surface area contributed by atoms with Gasteiger partial charge >= 0.3 is 0 Å². The first-order valence-electron chi connectivity index (χ1n) is 6.42. The van der Waals surface area contributed by atoms with E-state index in [1.165, 1.54) is 0 Å². The average Bonchev–Trinajstić information content (AvgIpc) is 2.69. The third kappa shape index (κ3) is 3.33. The summed E-state index contributed by atoms with van der Waals surface area (Å²) in [7, 11) is 0. The van der Waals surface area contributed by atoms with Gasteiger partial charge in [-0.25, -0.2) is 4.98 Å². The van der Waals surface area contributed by atoms with Crippen molar-refractivity contribution in [2.45, 2.75) is 6.42 Å². The van der Waals surface area contributed by atoms with Crippen molar-refractivity contribution in [3.63, 3.8) is 0 Å². The van der Waals surface area contributed by atoms with Crippen LogP contribution in [0.3, 0.4) is 0 Å². The van der Waals surface area contributed by atoms with Crippen LogP contribution in [0.2, 0.25) is 0 Å². The molecule has 2 heterocycles. The summed E-state index contributed by atoms with van der Waals surface area (Å²) >= 11 is 0. The predicted molar refractivity (Wildman–Crippen MR) is 73.7 cm³/mol. The van der Waals surface area contributed by atoms with Crippen molar-refractivity contribution in [3.8, 4) is 11.8 Å². The Bertz CT molecular complexity index is 574. The zero-order chi connectivity index (χ0) is 14.4. The largest absolute Gasteiger partial charge is 0.354 e. The Morgan fingerprint density at radius 1 is 1.50 bits per heavy atom. The van der Waals surface area contributed by atoms with E-state index in [1.807, 2.05) is 0 Å². The Morgan fingerprint density at radius 3 is 3.15 bits per heavy atom. The van der Waals surface area contributed by atoms with Crippen LogP contribution in [0.4, 0.5) is 0 Å². The molecule has 0 saturated carbocycles. The minimum atomic E-state index is -0.205. The highest BCUT2D eigenvalue weighted by Gasteiger charge is 2.22. The Hall–Kier alpha value is -2.39. The fraction of sp³-hybridized carbons (Fsp3) is 0.357. The van der Waals surface area contributed by atoms with Crippen molar-refractivity contribution in [1.82, 2.24) is 15.2 Å². The molecule has 0 atom stereocenters. The van der Waals surface area contributed by atoms with Crippen LogP contribution in [0.1, 0.15) is 22.5 Å². The summed E-state index contributed by atoms with van der Waals surface area (Å²) in [6.45, 7) is 1.56. The van der Waals surface area contributed by atoms with Crippen molar-refractivity contribution < 1.29 is 9.59 Å². The highest BCUT2D eigenvalue weighted by Crippen LogP contribution is 2.09. The van der Waals surface area contributed by atoms with E-state index in [0.29, 0.717) is 37.3 Å². The molecular weight excluding hydrogens is 256 g/mol. The lowest BCUT2D eigenvalue weighted by molar-refractivity contribution is -0.120. The molecule has 104 valence electrons. The Labute approximate surface area is 117 Å². The number of hydrogen-bond donors (Lipinski definition) is 2. The first-order chi connectivity index (χ1) is 9.72. The molecule has 0 spiro atoms. The standard InChI is InChI=1S/C14H16N4O2/c15-6-1-3-11-4-2-7-17-13(11)14(20)18-9-5-12(19)16-8-10-18/h2,4,7H,5-6,8-10,15H2,(H,16,19). The molecule has 1 fully saturated rings. The number of nitrogens with zero attached hydrogens (tertiary/aromatic N) is 2. The van der Waals surface area contributed by atoms with Crippen molar-refractivity contribution in [2.75, 3.05) is 26.2 Å². The first-order valence-corrected chi connectivity index (χ1v) is 6.42. The molecule has 6 nitrogen and oxygen atoms in total. The van der Waals surface area contributed by atoms with E-state index in [-0.39, 0.29) is 18.4 Å². The lowest BCUT2D eigenvalue weighted by Crippen LogP contribution is -2.35. The van der Waals surface area contributed by atoms with Crippen LogP contribution in [0.15, 0.2) is 18.3 Å². The molecule has 20 heavy (non-hydrogen) atoms. The van der Waals surface area contributed by atoms with Gasteiger partial charge in [0.05, 0.1) is 12.1 Å². The first kappa shape index (κ1) is 14.0. The fourth-order valence-corrected chi connectivity index (χ4v) is 1.94. The number of nitrogens with one attached hydrogen (secondary N) is 1. The summed E-state index contributed by atoms with van der Waals surface area (Å²) in [5, 5.41) is 2.73. The summed E-state index contributed by atoms with van der Waals surface area (Å²) in [5.41, 5.74) is 6.22.